The van der Waals surface area contributed by atoms with Crippen LogP contribution in [0.3, 0.4) is 0 Å². The molecule has 96 heavy (non-hydrogen) atoms. The number of imidazole rings is 1. The Morgan fingerprint density at radius 3 is 2.05 bits per heavy atom. The maximum atomic E-state index is 15.0. The highest BCUT2D eigenvalue weighted by molar-refractivity contribution is 6.03. The van der Waals surface area contributed by atoms with Crippen molar-refractivity contribution in [3.05, 3.63) is 71.6 Å². The number of primary amides is 1. The van der Waals surface area contributed by atoms with Crippen LogP contribution in [0.25, 0.3) is 0 Å². The number of hydrogen-bond acceptors (Lipinski definition) is 22. The van der Waals surface area contributed by atoms with E-state index < -0.39 is 213 Å². The van der Waals surface area contributed by atoms with Crippen LogP contribution in [0.15, 0.2) is 60.3 Å². The molecule has 0 radical (unpaired) electrons. The van der Waals surface area contributed by atoms with Crippen molar-refractivity contribution in [1.82, 2.24) is 57.4 Å². The molecule has 0 spiro atoms. The number of esters is 1. The number of rotatable bonds is 27. The van der Waals surface area contributed by atoms with Gasteiger partial charge in [0.25, 0.3) is 11.8 Å². The van der Waals surface area contributed by atoms with Crippen LogP contribution in [0.4, 0.5) is 0 Å². The van der Waals surface area contributed by atoms with Crippen molar-refractivity contribution in [2.24, 2.45) is 5.73 Å². The Kier molecular flexibility index (Phi) is 33.5. The van der Waals surface area contributed by atoms with E-state index in [-0.39, 0.29) is 17.9 Å². The van der Waals surface area contributed by atoms with Gasteiger partial charge in [0.05, 0.1) is 44.2 Å². The number of benzene rings is 1. The van der Waals surface area contributed by atoms with E-state index in [1.165, 1.54) is 70.4 Å². The quantitative estimate of drug-likeness (QED) is 0.0238. The van der Waals surface area contributed by atoms with Gasteiger partial charge in [-0.25, -0.2) is 9.78 Å². The summed E-state index contributed by atoms with van der Waals surface area (Å²) in [5.74, 6) is -12.7. The number of phenols is 1. The highest BCUT2D eigenvalue weighted by Gasteiger charge is 2.47. The van der Waals surface area contributed by atoms with Gasteiger partial charge < -0.3 is 108 Å². The highest BCUT2D eigenvalue weighted by Crippen LogP contribution is 2.25. The second kappa shape index (κ2) is 40.2. The fourth-order valence-electron chi connectivity index (χ4n) is 10.5. The number of carbonyl (C=O) groups is 11. The number of unbranched alkanes of at least 4 members (excludes halogenated alkanes) is 8. The molecule has 0 bridgehead atoms. The molecule has 18 N–H and O–H groups in total. The molecule has 534 valence electrons. The lowest BCUT2D eigenvalue weighted by molar-refractivity contribution is -0.312. The number of nitrogens with two attached hydrogens (primary N) is 1. The Labute approximate surface area is 555 Å². The van der Waals surface area contributed by atoms with Gasteiger partial charge in [-0.2, -0.15) is 0 Å². The fourth-order valence-corrected chi connectivity index (χ4v) is 10.5. The first-order valence-electron chi connectivity index (χ1n) is 32.1. The summed E-state index contributed by atoms with van der Waals surface area (Å²) >= 11 is 0. The zero-order valence-electron chi connectivity index (χ0n) is 55.1. The number of amides is 10. The summed E-state index contributed by atoms with van der Waals surface area (Å²) in [6.07, 6.45) is -3.89. The summed E-state index contributed by atoms with van der Waals surface area (Å²) in [6.45, 7) is 6.31. The average Bonchev–Trinajstić information content (AvgIpc) is 0.858. The third kappa shape index (κ3) is 25.3. The molecule has 33 heteroatoms. The number of allylic oxidation sites excluding steroid dienone is 2. The number of cyclic esters (lactones) is 1. The van der Waals surface area contributed by atoms with Crippen LogP contribution in [-0.4, -0.2) is 227 Å². The van der Waals surface area contributed by atoms with Crippen molar-refractivity contribution in [2.45, 2.75) is 229 Å². The minimum atomic E-state index is -2.10. The molecule has 4 rings (SSSR count). The summed E-state index contributed by atoms with van der Waals surface area (Å²) in [5, 5.41) is 93.2. The normalized spacial score (nSPS) is 26.4. The second-order valence-corrected chi connectivity index (χ2v) is 23.7. The van der Waals surface area contributed by atoms with Gasteiger partial charge in [0.1, 0.15) is 83.9 Å². The number of carbonyl (C=O) groups excluding carboxylic acids is 11. The third-order valence-corrected chi connectivity index (χ3v) is 16.1. The van der Waals surface area contributed by atoms with Crippen LogP contribution < -0.4 is 48.3 Å². The summed E-state index contributed by atoms with van der Waals surface area (Å²) in [4.78, 5) is 163. The van der Waals surface area contributed by atoms with Crippen LogP contribution in [-0.2, 0) is 79.8 Å². The molecule has 15 atom stereocenters. The minimum Gasteiger partial charge on any atom is -0.508 e. The van der Waals surface area contributed by atoms with Crippen molar-refractivity contribution >= 4 is 65.0 Å². The number of H-pyrrole nitrogens is 1. The standard InChI is InChI=1S/C63H96N12O21/c1-8-11-12-13-14-15-16-17-18-19-39(79)28-47(81)68-40(9-2)57(88)74-50-34(5)94-62(93)44(27-37-29-65-32-67-37)72-61(92)51(35(6)95-63-54(85)53(84)52(83)45(31-76)96-63)75(7)48(82)30-66-55(86)42(24-25-46(64)80)70-56(87)41(10-3)69-58(89)43(26-36-20-22-38(78)23-21-36)71-59(90)49(33(4)77)73-60(50)91/h9-10,20-23,29,32-35,39,42-45,49-54,63,76-79,83-85H,8,11-19,24-28,30-31H2,1-7H3,(H2,64,80)(H,65,67)(H,66,86)(H,68,81)(H,69,89)(H,70,87)(H,71,90)(H,72,92)(H,73,91)(H,74,88)/b40-9+,41-10+/t33-,34-,35+,39?,42-,43-,44+,45?,49?,50?,51+,52?,53?,54?,63?/m1/s1. The van der Waals surface area contributed by atoms with E-state index in [9.17, 15) is 88.5 Å². The molecular formula is C63H96N12O21. The van der Waals surface area contributed by atoms with Crippen molar-refractivity contribution in [3.63, 3.8) is 0 Å². The number of aliphatic hydroxyl groups is 6. The maximum Gasteiger partial charge on any atom is 0.329 e. The predicted octanol–water partition coefficient (Wildman–Crippen LogP) is -3.22. The molecule has 2 aliphatic heterocycles. The van der Waals surface area contributed by atoms with Crippen LogP contribution in [0.5, 0.6) is 5.75 Å². The third-order valence-electron chi connectivity index (χ3n) is 16.1. The lowest BCUT2D eigenvalue weighted by Crippen LogP contribution is -2.63. The molecule has 2 aromatic rings. The monoisotopic (exact) mass is 1360 g/mol. The number of aromatic nitrogens is 2. The number of nitrogens with one attached hydrogen (secondary N) is 9. The molecule has 8 unspecified atom stereocenters. The fraction of sp³-hybridized carbons (Fsp3) is 0.619. The molecule has 1 aromatic carbocycles. The molecule has 10 amide bonds. The zero-order chi connectivity index (χ0) is 71.3. The van der Waals surface area contributed by atoms with E-state index in [2.05, 4.69) is 59.4 Å². The van der Waals surface area contributed by atoms with Gasteiger partial charge >= 0.3 is 5.97 Å². The first-order chi connectivity index (χ1) is 45.5. The van der Waals surface area contributed by atoms with E-state index in [0.29, 0.717) is 12.0 Å². The summed E-state index contributed by atoms with van der Waals surface area (Å²) in [7, 11) is 1.05. The number of ether oxygens (including phenoxy) is 3. The molecule has 0 aliphatic carbocycles. The Hall–Kier alpha value is -8.44. The van der Waals surface area contributed by atoms with Crippen molar-refractivity contribution in [1.29, 1.82) is 0 Å². The van der Waals surface area contributed by atoms with Crippen molar-refractivity contribution in [3.8, 4) is 5.75 Å². The van der Waals surface area contributed by atoms with E-state index in [0.717, 1.165) is 76.5 Å². The van der Waals surface area contributed by atoms with Crippen molar-refractivity contribution in [2.75, 3.05) is 20.2 Å². The van der Waals surface area contributed by atoms with Gasteiger partial charge in [0, 0.05) is 38.2 Å². The predicted molar refractivity (Wildman–Crippen MR) is 340 cm³/mol. The molecule has 3 heterocycles. The lowest BCUT2D eigenvalue weighted by atomic mass is 9.99. The zero-order valence-corrected chi connectivity index (χ0v) is 55.1. The van der Waals surface area contributed by atoms with Gasteiger partial charge in [-0.3, -0.25) is 47.9 Å². The molecule has 2 saturated heterocycles. The number of hydrogen-bond donors (Lipinski definition) is 17. The van der Waals surface area contributed by atoms with Crippen LogP contribution in [0, 0.1) is 0 Å². The summed E-state index contributed by atoms with van der Waals surface area (Å²) < 4.78 is 17.3. The largest absolute Gasteiger partial charge is 0.508 e. The van der Waals surface area contributed by atoms with Gasteiger partial charge in [-0.05, 0) is 65.2 Å². The Morgan fingerprint density at radius 1 is 0.812 bits per heavy atom. The van der Waals surface area contributed by atoms with Crippen molar-refractivity contribution < 1.29 is 103 Å². The second-order valence-electron chi connectivity index (χ2n) is 23.7. The van der Waals surface area contributed by atoms with Gasteiger partial charge in [-0.1, -0.05) is 89.0 Å². The topological polar surface area (TPSA) is 511 Å². The molecule has 0 saturated carbocycles. The molecule has 2 aliphatic rings. The Bertz CT molecular complexity index is 2980. The van der Waals surface area contributed by atoms with Gasteiger partial charge in [0.2, 0.25) is 47.3 Å². The number of phenolic OH excluding ortho intramolecular Hbond substituents is 1. The van der Waals surface area contributed by atoms with Crippen LogP contribution in [0.2, 0.25) is 0 Å². The lowest BCUT2D eigenvalue weighted by Gasteiger charge is -2.42. The number of nitrogens with zero attached hydrogens (tertiary/aromatic N) is 2. The van der Waals surface area contributed by atoms with Gasteiger partial charge in [0.15, 0.2) is 6.29 Å². The first kappa shape index (κ1) is 80.0. The highest BCUT2D eigenvalue weighted by atomic mass is 16.7. The average molecular weight is 1360 g/mol. The number of likely N-dealkylation sites (N-methyl/N-ethyl adjacent to an activating group) is 1. The Morgan fingerprint density at radius 2 is 1.46 bits per heavy atom. The smallest absolute Gasteiger partial charge is 0.329 e. The molecule has 33 nitrogen and oxygen atoms in total. The minimum absolute atomic E-state index is 0.167. The molecular weight excluding hydrogens is 1260 g/mol. The summed E-state index contributed by atoms with van der Waals surface area (Å²) in [5.41, 5.74) is 4.89. The van der Waals surface area contributed by atoms with E-state index >= 15 is 0 Å². The number of aromatic amines is 1. The molecule has 1 aromatic heterocycles. The Balaban J connectivity index is 1.84. The van der Waals surface area contributed by atoms with Crippen LogP contribution in [0.1, 0.15) is 136 Å². The van der Waals surface area contributed by atoms with E-state index in [1.54, 1.807) is 0 Å². The van der Waals surface area contributed by atoms with Gasteiger partial charge in [-0.15, -0.1) is 0 Å². The summed E-state index contributed by atoms with van der Waals surface area (Å²) in [6, 6.07) is -6.02. The van der Waals surface area contributed by atoms with E-state index in [4.69, 9.17) is 19.9 Å². The first-order valence-corrected chi connectivity index (χ1v) is 32.1. The van der Waals surface area contributed by atoms with Crippen LogP contribution >= 0.6 is 0 Å². The molecule has 2 fully saturated rings. The maximum absolute atomic E-state index is 15.0. The SMILES string of the molecule is C/C=C(/NC(=O)CC(O)CCCCCCCCCCC)C(=O)NC1C(=O)NC([C@@H](C)O)C(=O)N[C@H](Cc2ccc(O)cc2)C(=O)N/C(=C/C)C(=O)N[C@H](CCC(N)=O)C(=O)NCC(=O)N(C)[C@@H]([C@H](C)OC2OC(CO)C(O)C(O)C2O)C(=O)N[C@@H](Cc2cnc[nH]2)C(=O)O[C@@H]1C. The number of aromatic hydroxyl groups is 1. The number of aliphatic hydroxyl groups excluding tert-OH is 6. The van der Waals surface area contributed by atoms with E-state index in [1.807, 2.05) is 0 Å².